The van der Waals surface area contributed by atoms with Crippen LogP contribution in [0.4, 0.5) is 4.79 Å². The summed E-state index contributed by atoms with van der Waals surface area (Å²) in [5.74, 6) is 0. The van der Waals surface area contributed by atoms with E-state index in [1.807, 2.05) is 6.08 Å². The lowest BCUT2D eigenvalue weighted by molar-refractivity contribution is 0.180. The van der Waals surface area contributed by atoms with Crippen molar-refractivity contribution >= 4 is 11.7 Å². The molecule has 5 heteroatoms. The molecule has 3 N–H and O–H groups in total. The highest BCUT2D eigenvalue weighted by Gasteiger charge is 2.14. The Hall–Kier alpha value is -1.52. The molecule has 0 aromatic carbocycles. The molecule has 0 aromatic heterocycles. The van der Waals surface area contributed by atoms with Gasteiger partial charge in [0.2, 0.25) is 0 Å². The zero-order valence-electron chi connectivity index (χ0n) is 7.49. The van der Waals surface area contributed by atoms with Gasteiger partial charge in [0, 0.05) is 0 Å². The lowest BCUT2D eigenvalue weighted by Crippen LogP contribution is -2.29. The molecular weight excluding hydrogens is 170 g/mol. The second-order valence-electron chi connectivity index (χ2n) is 2.80. The lowest BCUT2D eigenvalue weighted by Gasteiger charge is -2.18. The SMILES string of the molecule is CC(=NNC(N)=O)C1CCC=CO1. The fourth-order valence-corrected chi connectivity index (χ4v) is 1.06. The first-order valence-corrected chi connectivity index (χ1v) is 4.10. The molecule has 1 aliphatic rings. The number of hydrazone groups is 1. The van der Waals surface area contributed by atoms with E-state index in [1.54, 1.807) is 13.2 Å². The molecule has 1 atom stereocenters. The second kappa shape index (κ2) is 4.49. The second-order valence-corrected chi connectivity index (χ2v) is 2.80. The average molecular weight is 183 g/mol. The number of nitrogens with two attached hydrogens (primary N) is 1. The Morgan fingerprint density at radius 3 is 3.08 bits per heavy atom. The molecule has 0 fully saturated rings. The number of ether oxygens (including phenoxy) is 1. The number of urea groups is 1. The smallest absolute Gasteiger partial charge is 0.332 e. The summed E-state index contributed by atoms with van der Waals surface area (Å²) < 4.78 is 5.27. The summed E-state index contributed by atoms with van der Waals surface area (Å²) in [5, 5.41) is 3.78. The standard InChI is InChI=1S/C8H13N3O2/c1-6(10-11-8(9)12)7-4-2-3-5-13-7/h3,5,7H,2,4H2,1H3,(H3,9,11,12). The summed E-state index contributed by atoms with van der Waals surface area (Å²) >= 11 is 0. The van der Waals surface area contributed by atoms with E-state index in [2.05, 4.69) is 10.5 Å². The number of carbonyl (C=O) groups is 1. The van der Waals surface area contributed by atoms with Gasteiger partial charge in [0.1, 0.15) is 6.10 Å². The van der Waals surface area contributed by atoms with Crippen LogP contribution >= 0.6 is 0 Å². The molecule has 13 heavy (non-hydrogen) atoms. The number of nitrogens with one attached hydrogen (secondary N) is 1. The Labute approximate surface area is 76.6 Å². The molecule has 0 aromatic rings. The minimum atomic E-state index is -0.661. The molecule has 0 aliphatic carbocycles. The van der Waals surface area contributed by atoms with Crippen LogP contribution in [-0.4, -0.2) is 17.8 Å². The number of amides is 2. The van der Waals surface area contributed by atoms with Crippen LogP contribution < -0.4 is 11.2 Å². The summed E-state index contributed by atoms with van der Waals surface area (Å²) in [6, 6.07) is -0.661. The van der Waals surface area contributed by atoms with Gasteiger partial charge in [-0.3, -0.25) is 0 Å². The summed E-state index contributed by atoms with van der Waals surface area (Å²) in [4.78, 5) is 10.3. The fourth-order valence-electron chi connectivity index (χ4n) is 1.06. The minimum Gasteiger partial charge on any atom is -0.492 e. The third kappa shape index (κ3) is 3.14. The van der Waals surface area contributed by atoms with Crippen molar-refractivity contribution < 1.29 is 9.53 Å². The van der Waals surface area contributed by atoms with E-state index in [4.69, 9.17) is 10.5 Å². The Bertz CT molecular complexity index is 248. The van der Waals surface area contributed by atoms with Crippen LogP contribution in [0.25, 0.3) is 0 Å². The van der Waals surface area contributed by atoms with Crippen molar-refractivity contribution in [3.05, 3.63) is 12.3 Å². The Kier molecular flexibility index (Phi) is 3.31. The molecule has 0 saturated heterocycles. The summed E-state index contributed by atoms with van der Waals surface area (Å²) in [6.45, 7) is 1.79. The van der Waals surface area contributed by atoms with E-state index in [1.165, 1.54) is 0 Å². The highest BCUT2D eigenvalue weighted by atomic mass is 16.5. The summed E-state index contributed by atoms with van der Waals surface area (Å²) in [5.41, 5.74) is 7.75. The van der Waals surface area contributed by atoms with Crippen molar-refractivity contribution in [1.29, 1.82) is 0 Å². The number of hydrogen-bond acceptors (Lipinski definition) is 3. The van der Waals surface area contributed by atoms with Crippen LogP contribution in [0.2, 0.25) is 0 Å². The number of rotatable bonds is 2. The first kappa shape index (κ1) is 9.57. The normalized spacial score (nSPS) is 22.2. The monoisotopic (exact) mass is 183 g/mol. The maximum atomic E-state index is 10.3. The van der Waals surface area contributed by atoms with E-state index in [9.17, 15) is 4.79 Å². The fraction of sp³-hybridized carbons (Fsp3) is 0.500. The molecule has 72 valence electrons. The van der Waals surface area contributed by atoms with Crippen LogP contribution in [0.15, 0.2) is 17.4 Å². The van der Waals surface area contributed by atoms with E-state index < -0.39 is 6.03 Å². The quantitative estimate of drug-likeness (QED) is 0.489. The van der Waals surface area contributed by atoms with Crippen molar-refractivity contribution in [3.8, 4) is 0 Å². The molecule has 0 bridgehead atoms. The molecule has 1 rings (SSSR count). The van der Waals surface area contributed by atoms with Gasteiger partial charge in [0.15, 0.2) is 0 Å². The molecule has 0 spiro atoms. The highest BCUT2D eigenvalue weighted by molar-refractivity contribution is 5.87. The van der Waals surface area contributed by atoms with Gasteiger partial charge in [-0.05, 0) is 25.8 Å². The number of carbonyl (C=O) groups excluding carboxylic acids is 1. The highest BCUT2D eigenvalue weighted by Crippen LogP contribution is 2.11. The molecule has 1 heterocycles. The van der Waals surface area contributed by atoms with Crippen LogP contribution in [0, 0.1) is 0 Å². The number of allylic oxidation sites excluding steroid dienone is 1. The Balaban J connectivity index is 2.45. The summed E-state index contributed by atoms with van der Waals surface area (Å²) in [7, 11) is 0. The predicted molar refractivity (Wildman–Crippen MR) is 49.1 cm³/mol. The van der Waals surface area contributed by atoms with Crippen LogP contribution in [0.5, 0.6) is 0 Å². The molecule has 1 aliphatic heterocycles. The number of nitrogens with zero attached hydrogens (tertiary/aromatic N) is 1. The van der Waals surface area contributed by atoms with Crippen LogP contribution in [-0.2, 0) is 4.74 Å². The molecule has 0 radical (unpaired) electrons. The zero-order valence-corrected chi connectivity index (χ0v) is 7.49. The molecule has 1 unspecified atom stereocenters. The maximum absolute atomic E-state index is 10.3. The number of primary amides is 1. The third-order valence-corrected chi connectivity index (χ3v) is 1.74. The van der Waals surface area contributed by atoms with Crippen molar-refractivity contribution in [3.63, 3.8) is 0 Å². The maximum Gasteiger partial charge on any atom is 0.332 e. The predicted octanol–water partition coefficient (Wildman–Crippen LogP) is 0.723. The molecule has 2 amide bonds. The van der Waals surface area contributed by atoms with Gasteiger partial charge in [-0.15, -0.1) is 0 Å². The molecule has 5 nitrogen and oxygen atoms in total. The van der Waals surface area contributed by atoms with Crippen molar-refractivity contribution in [2.24, 2.45) is 10.8 Å². The third-order valence-electron chi connectivity index (χ3n) is 1.74. The zero-order chi connectivity index (χ0) is 9.68. The largest absolute Gasteiger partial charge is 0.492 e. The summed E-state index contributed by atoms with van der Waals surface area (Å²) in [6.07, 6.45) is 5.40. The van der Waals surface area contributed by atoms with Gasteiger partial charge < -0.3 is 10.5 Å². The van der Waals surface area contributed by atoms with Gasteiger partial charge in [0.05, 0.1) is 12.0 Å². The van der Waals surface area contributed by atoms with Gasteiger partial charge in [-0.1, -0.05) is 0 Å². The topological polar surface area (TPSA) is 76.7 Å². The van der Waals surface area contributed by atoms with E-state index >= 15 is 0 Å². The van der Waals surface area contributed by atoms with Crippen molar-refractivity contribution in [2.75, 3.05) is 0 Å². The average Bonchev–Trinajstić information content (AvgIpc) is 2.15. The first-order valence-electron chi connectivity index (χ1n) is 4.10. The van der Waals surface area contributed by atoms with E-state index in [-0.39, 0.29) is 6.10 Å². The molecular formula is C8H13N3O2. The van der Waals surface area contributed by atoms with Gasteiger partial charge in [0.25, 0.3) is 0 Å². The van der Waals surface area contributed by atoms with Crippen LogP contribution in [0.1, 0.15) is 19.8 Å². The van der Waals surface area contributed by atoms with Crippen molar-refractivity contribution in [2.45, 2.75) is 25.9 Å². The molecule has 0 saturated carbocycles. The van der Waals surface area contributed by atoms with E-state index in [0.29, 0.717) is 0 Å². The lowest BCUT2D eigenvalue weighted by atomic mass is 10.1. The van der Waals surface area contributed by atoms with E-state index in [0.717, 1.165) is 18.6 Å². The van der Waals surface area contributed by atoms with Gasteiger partial charge in [-0.25, -0.2) is 10.2 Å². The number of hydrogen-bond donors (Lipinski definition) is 2. The Morgan fingerprint density at radius 1 is 1.77 bits per heavy atom. The minimum absolute atomic E-state index is 0.0446. The first-order chi connectivity index (χ1) is 6.20. The van der Waals surface area contributed by atoms with Gasteiger partial charge >= 0.3 is 6.03 Å². The van der Waals surface area contributed by atoms with Crippen molar-refractivity contribution in [1.82, 2.24) is 5.43 Å². The van der Waals surface area contributed by atoms with Gasteiger partial charge in [-0.2, -0.15) is 5.10 Å². The Morgan fingerprint density at radius 2 is 2.54 bits per heavy atom. The van der Waals surface area contributed by atoms with Crippen LogP contribution in [0.3, 0.4) is 0 Å².